The van der Waals surface area contributed by atoms with Crippen molar-refractivity contribution in [3.63, 3.8) is 0 Å². The summed E-state index contributed by atoms with van der Waals surface area (Å²) in [7, 11) is 0. The van der Waals surface area contributed by atoms with Crippen LogP contribution >= 0.6 is 0 Å². The van der Waals surface area contributed by atoms with Crippen LogP contribution in [0.25, 0.3) is 0 Å². The summed E-state index contributed by atoms with van der Waals surface area (Å²) < 4.78 is 0. The quantitative estimate of drug-likeness (QED) is 0.750. The van der Waals surface area contributed by atoms with E-state index in [2.05, 4.69) is 0 Å². The molecule has 0 saturated carbocycles. The molecule has 0 aromatic heterocycles. The number of hydrogen-bond donors (Lipinski definition) is 0. The third-order valence-electron chi connectivity index (χ3n) is 2.68. The van der Waals surface area contributed by atoms with Gasteiger partial charge in [-0.15, -0.1) is 0 Å². The summed E-state index contributed by atoms with van der Waals surface area (Å²) >= 11 is 0. The lowest BCUT2D eigenvalue weighted by Crippen LogP contribution is -2.29. The molecule has 80 valence electrons. The molecule has 0 unspecified atom stereocenters. The second kappa shape index (κ2) is 4.47. The van der Waals surface area contributed by atoms with E-state index in [1.807, 2.05) is 12.1 Å². The van der Waals surface area contributed by atoms with Crippen molar-refractivity contribution in [3.8, 4) is 0 Å². The largest absolute Gasteiger partial charge is 0.233 e. The zero-order chi connectivity index (χ0) is 11.4. The molecule has 16 heavy (non-hydrogen) atoms. The first-order valence-electron chi connectivity index (χ1n) is 5.17. The Kier molecular flexibility index (Phi) is 3.04. The molecular formula is C14H12O2. The van der Waals surface area contributed by atoms with Crippen LogP contribution in [0.5, 0.6) is 0 Å². The summed E-state index contributed by atoms with van der Waals surface area (Å²) in [6.07, 6.45) is 0. The fourth-order valence-corrected chi connectivity index (χ4v) is 1.75. The summed E-state index contributed by atoms with van der Waals surface area (Å²) in [5.74, 6) is 0. The number of benzene rings is 2. The maximum Gasteiger partial charge on any atom is 0.180 e. The standard InChI is InChI=1S/C14H12O2/c15-11-14(16,12-7-3-1-4-8-12)13-9-5-2-6-10-13/h1-10H,11H2. The van der Waals surface area contributed by atoms with Crippen molar-refractivity contribution >= 4 is 0 Å². The van der Waals surface area contributed by atoms with E-state index >= 15 is 0 Å². The van der Waals surface area contributed by atoms with Crippen molar-refractivity contribution < 1.29 is 10.2 Å². The predicted octanol–water partition coefficient (Wildman–Crippen LogP) is 2.79. The Balaban J connectivity index is 2.49. The molecule has 2 radical (unpaired) electrons. The third kappa shape index (κ3) is 1.85. The lowest BCUT2D eigenvalue weighted by atomic mass is 9.87. The fraction of sp³-hybridized carbons (Fsp3) is 0.143. The molecule has 0 aliphatic rings. The molecule has 2 nitrogen and oxygen atoms in total. The van der Waals surface area contributed by atoms with Crippen LogP contribution in [0, 0.1) is 0 Å². The van der Waals surface area contributed by atoms with E-state index in [0.29, 0.717) is 11.1 Å². The second-order valence-corrected chi connectivity index (χ2v) is 3.70. The monoisotopic (exact) mass is 212 g/mol. The molecule has 2 aromatic rings. The molecule has 0 bridgehead atoms. The Hall–Kier alpha value is -1.64. The van der Waals surface area contributed by atoms with E-state index in [0.717, 1.165) is 0 Å². The molecule has 0 heterocycles. The first-order valence-corrected chi connectivity index (χ1v) is 5.17. The molecule has 0 spiro atoms. The maximum absolute atomic E-state index is 12.6. The van der Waals surface area contributed by atoms with Crippen molar-refractivity contribution in [2.75, 3.05) is 6.61 Å². The van der Waals surface area contributed by atoms with E-state index in [-0.39, 0.29) is 0 Å². The van der Waals surface area contributed by atoms with Gasteiger partial charge >= 0.3 is 0 Å². The summed E-state index contributed by atoms with van der Waals surface area (Å²) in [5, 5.41) is 23.8. The van der Waals surface area contributed by atoms with Crippen LogP contribution in [-0.2, 0) is 15.8 Å². The number of hydrogen-bond acceptors (Lipinski definition) is 0. The lowest BCUT2D eigenvalue weighted by Gasteiger charge is -2.23. The van der Waals surface area contributed by atoms with Crippen LogP contribution in [0.4, 0.5) is 0 Å². The molecule has 0 amide bonds. The Bertz CT molecular complexity index is 397. The summed E-state index contributed by atoms with van der Waals surface area (Å²) in [4.78, 5) is 0. The average molecular weight is 212 g/mol. The van der Waals surface area contributed by atoms with Crippen molar-refractivity contribution in [2.24, 2.45) is 0 Å². The van der Waals surface area contributed by atoms with Crippen molar-refractivity contribution in [1.82, 2.24) is 0 Å². The van der Waals surface area contributed by atoms with Gasteiger partial charge in [0.1, 0.15) is 6.61 Å². The number of rotatable bonds is 3. The first-order chi connectivity index (χ1) is 7.77. The zero-order valence-corrected chi connectivity index (χ0v) is 8.80. The van der Waals surface area contributed by atoms with Gasteiger partial charge in [0.05, 0.1) is 0 Å². The van der Waals surface area contributed by atoms with Gasteiger partial charge in [-0.1, -0.05) is 60.7 Å². The maximum atomic E-state index is 12.6. The minimum absolute atomic E-state index is 0.524. The highest BCUT2D eigenvalue weighted by Gasteiger charge is 2.33. The Labute approximate surface area is 94.8 Å². The van der Waals surface area contributed by atoms with Crippen LogP contribution in [0.15, 0.2) is 60.7 Å². The average Bonchev–Trinajstić information content (AvgIpc) is 2.40. The van der Waals surface area contributed by atoms with E-state index in [1.165, 1.54) is 0 Å². The summed E-state index contributed by atoms with van der Waals surface area (Å²) in [6, 6.07) is 17.6. The van der Waals surface area contributed by atoms with Crippen molar-refractivity contribution in [2.45, 2.75) is 5.60 Å². The molecule has 2 heteroatoms. The van der Waals surface area contributed by atoms with Crippen LogP contribution in [0.1, 0.15) is 11.1 Å². The molecule has 2 rings (SSSR count). The predicted molar refractivity (Wildman–Crippen MR) is 59.9 cm³/mol. The van der Waals surface area contributed by atoms with E-state index in [4.69, 9.17) is 0 Å². The highest BCUT2D eigenvalue weighted by atomic mass is 16.3. The van der Waals surface area contributed by atoms with Crippen molar-refractivity contribution in [1.29, 1.82) is 0 Å². The summed E-state index contributed by atoms with van der Waals surface area (Å²) in [5.41, 5.74) is -0.630. The highest BCUT2D eigenvalue weighted by molar-refractivity contribution is 5.35. The second-order valence-electron chi connectivity index (χ2n) is 3.70. The fourth-order valence-electron chi connectivity index (χ4n) is 1.75. The van der Waals surface area contributed by atoms with E-state index in [9.17, 15) is 10.2 Å². The van der Waals surface area contributed by atoms with Gasteiger partial charge in [-0.3, -0.25) is 0 Å². The van der Waals surface area contributed by atoms with Gasteiger partial charge < -0.3 is 0 Å². The van der Waals surface area contributed by atoms with E-state index < -0.39 is 12.2 Å². The molecular weight excluding hydrogens is 200 g/mol. The zero-order valence-electron chi connectivity index (χ0n) is 8.80. The Morgan fingerprint density at radius 2 is 1.12 bits per heavy atom. The highest BCUT2D eigenvalue weighted by Crippen LogP contribution is 2.29. The summed E-state index contributed by atoms with van der Waals surface area (Å²) in [6.45, 7) is -0.693. The van der Waals surface area contributed by atoms with Crippen LogP contribution in [-0.4, -0.2) is 6.61 Å². The van der Waals surface area contributed by atoms with Crippen molar-refractivity contribution in [3.05, 3.63) is 71.8 Å². The Morgan fingerprint density at radius 3 is 1.44 bits per heavy atom. The van der Waals surface area contributed by atoms with Crippen LogP contribution in [0.2, 0.25) is 0 Å². The molecule has 0 saturated heterocycles. The molecule has 0 N–H and O–H groups in total. The van der Waals surface area contributed by atoms with Crippen LogP contribution < -0.4 is 0 Å². The van der Waals surface area contributed by atoms with Gasteiger partial charge in [-0.25, -0.2) is 10.2 Å². The molecule has 0 atom stereocenters. The minimum Gasteiger partial charge on any atom is -0.233 e. The minimum atomic E-state index is -1.68. The third-order valence-corrected chi connectivity index (χ3v) is 2.68. The topological polar surface area (TPSA) is 39.8 Å². The molecule has 0 fully saturated rings. The lowest BCUT2D eigenvalue weighted by molar-refractivity contribution is -0.0633. The molecule has 0 aliphatic carbocycles. The Morgan fingerprint density at radius 1 is 0.750 bits per heavy atom. The van der Waals surface area contributed by atoms with Gasteiger partial charge in [-0.2, -0.15) is 0 Å². The van der Waals surface area contributed by atoms with E-state index in [1.54, 1.807) is 48.5 Å². The van der Waals surface area contributed by atoms with Crippen LogP contribution in [0.3, 0.4) is 0 Å². The molecule has 0 aliphatic heterocycles. The normalized spacial score (nSPS) is 11.4. The van der Waals surface area contributed by atoms with Gasteiger partial charge in [0, 0.05) is 0 Å². The SMILES string of the molecule is [O]CC([O])(c1ccccc1)c1ccccc1. The van der Waals surface area contributed by atoms with Gasteiger partial charge in [0.25, 0.3) is 0 Å². The first kappa shape index (κ1) is 10.9. The van der Waals surface area contributed by atoms with Gasteiger partial charge in [0.15, 0.2) is 5.60 Å². The smallest absolute Gasteiger partial charge is 0.180 e. The van der Waals surface area contributed by atoms with Gasteiger partial charge in [-0.05, 0) is 11.1 Å². The molecule has 2 aromatic carbocycles. The van der Waals surface area contributed by atoms with Gasteiger partial charge in [0.2, 0.25) is 0 Å².